The SMILES string of the molecule is N#Cc1ccc(CCS(=O)(=O)CCCCNC(=O)Oc2ccc(F)cc2)cc1. The number of hydrogen-bond donors (Lipinski definition) is 1. The van der Waals surface area contributed by atoms with Gasteiger partial charge in [0.05, 0.1) is 23.1 Å². The monoisotopic (exact) mass is 404 g/mol. The lowest BCUT2D eigenvalue weighted by molar-refractivity contribution is 0.200. The molecule has 1 N–H and O–H groups in total. The molecule has 0 aliphatic rings. The van der Waals surface area contributed by atoms with Crippen molar-refractivity contribution in [2.75, 3.05) is 18.1 Å². The second-order valence-electron chi connectivity index (χ2n) is 6.19. The van der Waals surface area contributed by atoms with Crippen molar-refractivity contribution in [3.63, 3.8) is 0 Å². The minimum atomic E-state index is -3.19. The van der Waals surface area contributed by atoms with Crippen LogP contribution in [0.25, 0.3) is 0 Å². The quantitative estimate of drug-likeness (QED) is 0.648. The molecule has 0 atom stereocenters. The van der Waals surface area contributed by atoms with E-state index in [1.165, 1.54) is 24.3 Å². The first-order valence-electron chi connectivity index (χ1n) is 8.79. The molecule has 0 radical (unpaired) electrons. The van der Waals surface area contributed by atoms with Crippen molar-refractivity contribution >= 4 is 15.9 Å². The Morgan fingerprint density at radius 2 is 1.71 bits per heavy atom. The molecule has 8 heteroatoms. The molecule has 148 valence electrons. The maximum Gasteiger partial charge on any atom is 0.412 e. The number of unbranched alkanes of at least 4 members (excludes halogenated alkanes) is 1. The Hall–Kier alpha value is -2.92. The van der Waals surface area contributed by atoms with Crippen LogP contribution in [0.5, 0.6) is 5.75 Å². The zero-order valence-electron chi connectivity index (χ0n) is 15.2. The molecule has 28 heavy (non-hydrogen) atoms. The molecular formula is C20H21FN2O4S. The van der Waals surface area contributed by atoms with Crippen LogP contribution in [0.1, 0.15) is 24.0 Å². The van der Waals surface area contributed by atoms with E-state index in [0.717, 1.165) is 5.56 Å². The van der Waals surface area contributed by atoms with Crippen LogP contribution in [0.3, 0.4) is 0 Å². The summed E-state index contributed by atoms with van der Waals surface area (Å²) in [6.07, 6.45) is 0.646. The minimum Gasteiger partial charge on any atom is -0.410 e. The van der Waals surface area contributed by atoms with Gasteiger partial charge in [-0.1, -0.05) is 12.1 Å². The second kappa shape index (κ2) is 10.4. The number of nitriles is 1. The van der Waals surface area contributed by atoms with Gasteiger partial charge in [-0.2, -0.15) is 5.26 Å². The summed E-state index contributed by atoms with van der Waals surface area (Å²) in [7, 11) is -3.19. The lowest BCUT2D eigenvalue weighted by Gasteiger charge is -2.07. The Kier molecular flexibility index (Phi) is 7.96. The molecule has 0 aliphatic carbocycles. The predicted molar refractivity (Wildman–Crippen MR) is 103 cm³/mol. The summed E-state index contributed by atoms with van der Waals surface area (Å²) in [6.45, 7) is 0.283. The molecule has 0 saturated heterocycles. The van der Waals surface area contributed by atoms with E-state index in [4.69, 9.17) is 10.00 Å². The fourth-order valence-electron chi connectivity index (χ4n) is 2.40. The van der Waals surface area contributed by atoms with E-state index >= 15 is 0 Å². The molecule has 0 aliphatic heterocycles. The number of hydrogen-bond acceptors (Lipinski definition) is 5. The summed E-state index contributed by atoms with van der Waals surface area (Å²) in [5.41, 5.74) is 1.41. The average molecular weight is 404 g/mol. The average Bonchev–Trinajstić information content (AvgIpc) is 2.68. The lowest BCUT2D eigenvalue weighted by atomic mass is 10.1. The van der Waals surface area contributed by atoms with Gasteiger partial charge < -0.3 is 10.1 Å². The Morgan fingerprint density at radius 1 is 1.04 bits per heavy atom. The van der Waals surface area contributed by atoms with E-state index in [1.807, 2.05) is 6.07 Å². The van der Waals surface area contributed by atoms with Crippen LogP contribution in [0.4, 0.5) is 9.18 Å². The summed E-state index contributed by atoms with van der Waals surface area (Å²) >= 11 is 0. The molecule has 0 aromatic heterocycles. The molecular weight excluding hydrogens is 383 g/mol. The van der Waals surface area contributed by atoms with E-state index in [0.29, 0.717) is 24.8 Å². The molecule has 2 aromatic carbocycles. The van der Waals surface area contributed by atoms with Crippen LogP contribution >= 0.6 is 0 Å². The molecule has 0 bridgehead atoms. The molecule has 2 aromatic rings. The number of rotatable bonds is 9. The second-order valence-corrected chi connectivity index (χ2v) is 8.49. The van der Waals surface area contributed by atoms with Gasteiger partial charge in [0, 0.05) is 6.54 Å². The third-order valence-electron chi connectivity index (χ3n) is 3.96. The van der Waals surface area contributed by atoms with Gasteiger partial charge >= 0.3 is 6.09 Å². The van der Waals surface area contributed by atoms with Crippen molar-refractivity contribution in [3.8, 4) is 11.8 Å². The number of carbonyl (C=O) groups is 1. The number of sulfone groups is 1. The van der Waals surface area contributed by atoms with Crippen molar-refractivity contribution < 1.29 is 22.3 Å². The fraction of sp³-hybridized carbons (Fsp3) is 0.300. The molecule has 2 rings (SSSR count). The van der Waals surface area contributed by atoms with Crippen molar-refractivity contribution in [2.24, 2.45) is 0 Å². The van der Waals surface area contributed by atoms with Gasteiger partial charge in [0.2, 0.25) is 0 Å². The third-order valence-corrected chi connectivity index (χ3v) is 5.70. The normalized spacial score (nSPS) is 10.9. The highest BCUT2D eigenvalue weighted by atomic mass is 32.2. The van der Waals surface area contributed by atoms with Crippen molar-refractivity contribution in [1.29, 1.82) is 5.26 Å². The Morgan fingerprint density at radius 3 is 2.36 bits per heavy atom. The highest BCUT2D eigenvalue weighted by molar-refractivity contribution is 7.91. The number of aryl methyl sites for hydroxylation is 1. The molecule has 0 fully saturated rings. The molecule has 1 amide bonds. The fourth-order valence-corrected chi connectivity index (χ4v) is 3.80. The number of nitrogens with zero attached hydrogens (tertiary/aromatic N) is 1. The number of halogens is 1. The van der Waals surface area contributed by atoms with Crippen molar-refractivity contribution in [3.05, 3.63) is 65.5 Å². The number of nitrogens with one attached hydrogen (secondary N) is 1. The number of ether oxygens (including phenoxy) is 1. The van der Waals surface area contributed by atoms with Crippen LogP contribution < -0.4 is 10.1 Å². The topological polar surface area (TPSA) is 96.3 Å². The summed E-state index contributed by atoms with van der Waals surface area (Å²) in [5, 5.41) is 11.3. The lowest BCUT2D eigenvalue weighted by Crippen LogP contribution is -2.28. The zero-order chi connectivity index (χ0) is 20.4. The Labute approximate surface area is 163 Å². The summed E-state index contributed by atoms with van der Waals surface area (Å²) in [5.74, 6) is -0.117. The smallest absolute Gasteiger partial charge is 0.410 e. The minimum absolute atomic E-state index is 0.0397. The van der Waals surface area contributed by atoms with Crippen molar-refractivity contribution in [1.82, 2.24) is 5.32 Å². The van der Waals surface area contributed by atoms with Gasteiger partial charge in [-0.3, -0.25) is 0 Å². The van der Waals surface area contributed by atoms with Crippen LogP contribution in [0.15, 0.2) is 48.5 Å². The van der Waals surface area contributed by atoms with E-state index in [9.17, 15) is 17.6 Å². The van der Waals surface area contributed by atoms with Gasteiger partial charge in [0.25, 0.3) is 0 Å². The summed E-state index contributed by atoms with van der Waals surface area (Å²) < 4.78 is 41.9. The van der Waals surface area contributed by atoms with Gasteiger partial charge in [0.15, 0.2) is 9.84 Å². The molecule has 0 heterocycles. The van der Waals surface area contributed by atoms with E-state index in [2.05, 4.69) is 5.32 Å². The number of carbonyl (C=O) groups excluding carboxylic acids is 1. The Bertz CT molecular complexity index is 920. The van der Waals surface area contributed by atoms with Crippen LogP contribution in [0, 0.1) is 17.1 Å². The van der Waals surface area contributed by atoms with Crippen molar-refractivity contribution in [2.45, 2.75) is 19.3 Å². The molecule has 0 spiro atoms. The van der Waals surface area contributed by atoms with Crippen LogP contribution in [0.2, 0.25) is 0 Å². The highest BCUT2D eigenvalue weighted by Gasteiger charge is 2.11. The maximum atomic E-state index is 12.8. The first-order valence-corrected chi connectivity index (χ1v) is 10.6. The summed E-state index contributed by atoms with van der Waals surface area (Å²) in [4.78, 5) is 11.6. The largest absolute Gasteiger partial charge is 0.412 e. The van der Waals surface area contributed by atoms with Gasteiger partial charge in [-0.15, -0.1) is 0 Å². The van der Waals surface area contributed by atoms with Crippen LogP contribution in [-0.2, 0) is 16.3 Å². The highest BCUT2D eigenvalue weighted by Crippen LogP contribution is 2.11. The van der Waals surface area contributed by atoms with E-state index < -0.39 is 21.7 Å². The molecule has 0 saturated carbocycles. The van der Waals surface area contributed by atoms with E-state index in [1.54, 1.807) is 24.3 Å². The first kappa shape index (κ1) is 21.4. The standard InChI is InChI=1S/C20H21FN2O4S/c21-18-7-9-19(10-8-18)27-20(24)23-12-1-2-13-28(25,26)14-11-16-3-5-17(15-22)6-4-16/h3-10H,1-2,11-14H2,(H,23,24). The van der Waals surface area contributed by atoms with Crippen LogP contribution in [-0.4, -0.2) is 32.6 Å². The van der Waals surface area contributed by atoms with Gasteiger partial charge in [-0.25, -0.2) is 17.6 Å². The van der Waals surface area contributed by atoms with Gasteiger partial charge in [0.1, 0.15) is 11.6 Å². The summed E-state index contributed by atoms with van der Waals surface area (Å²) in [6, 6.07) is 13.9. The maximum absolute atomic E-state index is 12.8. The third kappa shape index (κ3) is 7.76. The number of benzene rings is 2. The molecule has 0 unspecified atom stereocenters. The van der Waals surface area contributed by atoms with Gasteiger partial charge in [-0.05, 0) is 61.2 Å². The molecule has 6 nitrogen and oxygen atoms in total. The van der Waals surface area contributed by atoms with E-state index in [-0.39, 0.29) is 23.8 Å². The Balaban J connectivity index is 1.62. The predicted octanol–water partition coefficient (Wildman–Crippen LogP) is 3.22. The number of amides is 1. The first-order chi connectivity index (χ1) is 13.4. The zero-order valence-corrected chi connectivity index (χ0v) is 16.0.